The average Bonchev–Trinajstić information content (AvgIpc) is 3.49. The van der Waals surface area contributed by atoms with E-state index in [0.717, 1.165) is 82.5 Å². The van der Waals surface area contributed by atoms with Crippen LogP contribution in [-0.2, 0) is 24.7 Å². The van der Waals surface area contributed by atoms with E-state index in [1.165, 1.54) is 29.5 Å². The second-order valence-electron chi connectivity index (χ2n) is 14.9. The summed E-state index contributed by atoms with van der Waals surface area (Å²) in [7, 11) is 1.98. The number of piperidine rings is 1. The predicted molar refractivity (Wildman–Crippen MR) is 183 cm³/mol. The van der Waals surface area contributed by atoms with Gasteiger partial charge < -0.3 is 20.6 Å². The van der Waals surface area contributed by atoms with Gasteiger partial charge in [-0.2, -0.15) is 10.1 Å². The van der Waals surface area contributed by atoms with Crippen molar-refractivity contribution in [2.45, 2.75) is 103 Å². The SMILES string of the molecule is CC[C@@H](Nc1nc2c(c(N[C@@H](CN3CCCC(C)(C)C3)c3cnn(C)c3)n1)C[C@H](c1ccccc1)CC2)C1CCC(C(=O)O)CC1. The number of aliphatic carboxylic acids is 1. The van der Waals surface area contributed by atoms with Crippen LogP contribution in [0.2, 0.25) is 0 Å². The minimum atomic E-state index is -0.654. The first-order valence-electron chi connectivity index (χ1n) is 17.6. The summed E-state index contributed by atoms with van der Waals surface area (Å²) >= 11 is 0. The number of rotatable bonds is 11. The fourth-order valence-corrected chi connectivity index (χ4v) is 8.27. The number of carboxylic acid groups (broad SMARTS) is 1. The van der Waals surface area contributed by atoms with Gasteiger partial charge in [0, 0.05) is 43.5 Å². The molecule has 0 spiro atoms. The second-order valence-corrected chi connectivity index (χ2v) is 14.9. The molecule has 9 nitrogen and oxygen atoms in total. The van der Waals surface area contributed by atoms with Crippen LogP contribution in [-0.4, -0.2) is 61.4 Å². The van der Waals surface area contributed by atoms with Crippen LogP contribution in [0.3, 0.4) is 0 Å². The number of anilines is 2. The number of aromatic nitrogens is 4. The summed E-state index contributed by atoms with van der Waals surface area (Å²) in [5.41, 5.74) is 5.23. The molecule has 3 aromatic rings. The number of carboxylic acids is 1. The molecule has 3 heterocycles. The Kier molecular flexibility index (Phi) is 9.97. The smallest absolute Gasteiger partial charge is 0.306 e. The third kappa shape index (κ3) is 7.73. The maximum atomic E-state index is 11.6. The standard InChI is InChI=1S/C37H53N7O2/c1-5-31(26-12-14-27(15-13-26)35(45)46)40-36-41-32-17-16-28(25-10-7-6-8-11-25)20-30(32)34(42-36)39-33(29-21-38-43(4)22-29)23-44-19-9-18-37(2,3)24-44/h6-8,10-11,21-22,26-28,31,33H,5,9,12-20,23-24H2,1-4H3,(H,45,46)(H2,39,40,41,42)/t26?,27?,28-,31-,33+/m1/s1. The molecular weight excluding hydrogens is 574 g/mol. The topological polar surface area (TPSA) is 108 Å². The zero-order chi connectivity index (χ0) is 32.3. The quantitative estimate of drug-likeness (QED) is 0.212. The number of nitrogens with zero attached hydrogens (tertiary/aromatic N) is 5. The first-order chi connectivity index (χ1) is 22.2. The minimum absolute atomic E-state index is 0.0415. The highest BCUT2D eigenvalue weighted by Crippen LogP contribution is 2.38. The maximum absolute atomic E-state index is 11.6. The van der Waals surface area contributed by atoms with E-state index in [9.17, 15) is 9.90 Å². The van der Waals surface area contributed by atoms with Crippen LogP contribution in [0.25, 0.3) is 0 Å². The van der Waals surface area contributed by atoms with E-state index in [2.05, 4.69) is 77.9 Å². The van der Waals surface area contributed by atoms with Crippen molar-refractivity contribution >= 4 is 17.7 Å². The lowest BCUT2D eigenvalue weighted by Crippen LogP contribution is -2.43. The summed E-state index contributed by atoms with van der Waals surface area (Å²) < 4.78 is 1.89. The van der Waals surface area contributed by atoms with E-state index >= 15 is 0 Å². The van der Waals surface area contributed by atoms with Crippen LogP contribution < -0.4 is 10.6 Å². The molecule has 1 saturated heterocycles. The number of likely N-dealkylation sites (tertiary alicyclic amines) is 1. The summed E-state index contributed by atoms with van der Waals surface area (Å²) in [6.45, 7) is 10.1. The Hall–Kier alpha value is -3.46. The highest BCUT2D eigenvalue weighted by Gasteiger charge is 2.33. The molecule has 9 heteroatoms. The minimum Gasteiger partial charge on any atom is -0.481 e. The molecule has 2 fully saturated rings. The molecule has 0 unspecified atom stereocenters. The normalized spacial score (nSPS) is 24.5. The summed E-state index contributed by atoms with van der Waals surface area (Å²) in [6, 6.07) is 11.1. The Bertz CT molecular complexity index is 1460. The van der Waals surface area contributed by atoms with Crippen LogP contribution in [0, 0.1) is 17.3 Å². The summed E-state index contributed by atoms with van der Waals surface area (Å²) in [5, 5.41) is 21.8. The van der Waals surface area contributed by atoms with E-state index in [1.807, 2.05) is 17.9 Å². The van der Waals surface area contributed by atoms with Crippen LogP contribution in [0.4, 0.5) is 11.8 Å². The van der Waals surface area contributed by atoms with Crippen molar-refractivity contribution in [1.82, 2.24) is 24.6 Å². The first-order valence-corrected chi connectivity index (χ1v) is 17.6. The van der Waals surface area contributed by atoms with E-state index in [0.29, 0.717) is 23.2 Å². The van der Waals surface area contributed by atoms with Gasteiger partial charge >= 0.3 is 5.97 Å². The zero-order valence-corrected chi connectivity index (χ0v) is 28.2. The molecule has 0 radical (unpaired) electrons. The van der Waals surface area contributed by atoms with Crippen molar-refractivity contribution in [3.05, 3.63) is 65.1 Å². The van der Waals surface area contributed by atoms with Gasteiger partial charge in [-0.15, -0.1) is 0 Å². The van der Waals surface area contributed by atoms with Gasteiger partial charge in [0.25, 0.3) is 0 Å². The lowest BCUT2D eigenvalue weighted by Gasteiger charge is -2.40. The van der Waals surface area contributed by atoms with E-state index in [-0.39, 0.29) is 18.0 Å². The number of fused-ring (bicyclic) bond motifs is 1. The van der Waals surface area contributed by atoms with Crippen LogP contribution >= 0.6 is 0 Å². The van der Waals surface area contributed by atoms with Gasteiger partial charge in [-0.05, 0) is 93.6 Å². The van der Waals surface area contributed by atoms with Crippen LogP contribution in [0.5, 0.6) is 0 Å². The number of carbonyl (C=O) groups is 1. The Balaban J connectivity index is 1.30. The predicted octanol–water partition coefficient (Wildman–Crippen LogP) is 6.84. The molecule has 3 atom stereocenters. The van der Waals surface area contributed by atoms with E-state index < -0.39 is 5.97 Å². The lowest BCUT2D eigenvalue weighted by atomic mass is 9.78. The highest BCUT2D eigenvalue weighted by molar-refractivity contribution is 5.70. The van der Waals surface area contributed by atoms with Gasteiger partial charge in [0.1, 0.15) is 5.82 Å². The fourth-order valence-electron chi connectivity index (χ4n) is 8.27. The van der Waals surface area contributed by atoms with Gasteiger partial charge in [0.15, 0.2) is 0 Å². The molecular formula is C37H53N7O2. The number of hydrogen-bond acceptors (Lipinski definition) is 7. The molecule has 248 valence electrons. The molecule has 3 aliphatic rings. The zero-order valence-electron chi connectivity index (χ0n) is 28.2. The first kappa shape index (κ1) is 32.5. The van der Waals surface area contributed by atoms with Crippen molar-refractivity contribution in [3.63, 3.8) is 0 Å². The van der Waals surface area contributed by atoms with Gasteiger partial charge in [0.2, 0.25) is 5.95 Å². The number of nitrogens with one attached hydrogen (secondary N) is 2. The highest BCUT2D eigenvalue weighted by atomic mass is 16.4. The number of aryl methyl sites for hydroxylation is 2. The Morgan fingerprint density at radius 1 is 1.09 bits per heavy atom. The van der Waals surface area contributed by atoms with Gasteiger partial charge in [-0.3, -0.25) is 9.48 Å². The molecule has 1 aromatic carbocycles. The summed E-state index contributed by atoms with van der Waals surface area (Å²) in [6.07, 6.45) is 13.8. The second kappa shape index (κ2) is 14.1. The molecule has 0 bridgehead atoms. The summed E-state index contributed by atoms with van der Waals surface area (Å²) in [4.78, 5) is 24.6. The third-order valence-electron chi connectivity index (χ3n) is 10.8. The molecule has 0 amide bonds. The molecule has 1 aliphatic heterocycles. The van der Waals surface area contributed by atoms with E-state index in [4.69, 9.17) is 9.97 Å². The largest absolute Gasteiger partial charge is 0.481 e. The van der Waals surface area contributed by atoms with Gasteiger partial charge in [-0.1, -0.05) is 51.1 Å². The fraction of sp³-hybridized carbons (Fsp3) is 0.622. The van der Waals surface area contributed by atoms with Crippen LogP contribution in [0.1, 0.15) is 106 Å². The van der Waals surface area contributed by atoms with Crippen molar-refractivity contribution in [2.75, 3.05) is 30.3 Å². The van der Waals surface area contributed by atoms with Crippen molar-refractivity contribution in [2.24, 2.45) is 24.3 Å². The number of benzene rings is 1. The molecule has 2 aromatic heterocycles. The van der Waals surface area contributed by atoms with Gasteiger partial charge in [0.05, 0.1) is 23.9 Å². The third-order valence-corrected chi connectivity index (χ3v) is 10.8. The Morgan fingerprint density at radius 3 is 2.54 bits per heavy atom. The van der Waals surface area contributed by atoms with Crippen molar-refractivity contribution < 1.29 is 9.90 Å². The van der Waals surface area contributed by atoms with Crippen molar-refractivity contribution in [1.29, 1.82) is 0 Å². The molecule has 6 rings (SSSR count). The molecule has 3 N–H and O–H groups in total. The van der Waals surface area contributed by atoms with Crippen molar-refractivity contribution in [3.8, 4) is 0 Å². The Labute approximate surface area is 274 Å². The lowest BCUT2D eigenvalue weighted by molar-refractivity contribution is -0.143. The molecule has 2 aliphatic carbocycles. The maximum Gasteiger partial charge on any atom is 0.306 e. The van der Waals surface area contributed by atoms with E-state index in [1.54, 1.807) is 0 Å². The van der Waals surface area contributed by atoms with Gasteiger partial charge in [-0.25, -0.2) is 4.98 Å². The monoisotopic (exact) mass is 627 g/mol. The number of hydrogen-bond donors (Lipinski definition) is 3. The molecule has 46 heavy (non-hydrogen) atoms. The van der Waals surface area contributed by atoms with Crippen LogP contribution in [0.15, 0.2) is 42.7 Å². The molecule has 1 saturated carbocycles. The summed E-state index contributed by atoms with van der Waals surface area (Å²) in [5.74, 6) is 1.61. The Morgan fingerprint density at radius 2 is 1.87 bits per heavy atom. The average molecular weight is 628 g/mol.